The van der Waals surface area contributed by atoms with Crippen LogP contribution in [0.4, 0.5) is 4.79 Å². The summed E-state index contributed by atoms with van der Waals surface area (Å²) in [5.41, 5.74) is 4.08. The van der Waals surface area contributed by atoms with Gasteiger partial charge in [0.15, 0.2) is 0 Å². The summed E-state index contributed by atoms with van der Waals surface area (Å²) in [6.45, 7) is 13.9. The Hall–Kier alpha value is -3.30. The molecule has 0 fully saturated rings. The van der Waals surface area contributed by atoms with E-state index in [1.165, 1.54) is 11.0 Å². The third-order valence-corrected chi connectivity index (χ3v) is 4.74. The number of carbonyl (C=O) groups is 4. The molecule has 5 N–H and O–H groups in total. The number of rotatable bonds is 9. The van der Waals surface area contributed by atoms with Crippen LogP contribution in [0.3, 0.4) is 0 Å². The van der Waals surface area contributed by atoms with Gasteiger partial charge < -0.3 is 31.1 Å². The minimum atomic E-state index is -1.21. The number of nitrogens with two attached hydrogens (primary N) is 1. The summed E-state index contributed by atoms with van der Waals surface area (Å²) in [6.07, 6.45) is -1.11. The van der Waals surface area contributed by atoms with Gasteiger partial charge in [0.05, 0.1) is 0 Å². The number of phenols is 1. The molecule has 0 saturated heterocycles. The Morgan fingerprint density at radius 2 is 1.63 bits per heavy atom. The van der Waals surface area contributed by atoms with E-state index in [0.717, 1.165) is 0 Å². The molecular weight excluding hydrogens is 452 g/mol. The molecule has 10 nitrogen and oxygen atoms in total. The van der Waals surface area contributed by atoms with Crippen LogP contribution in [0.5, 0.6) is 5.75 Å². The van der Waals surface area contributed by atoms with Gasteiger partial charge in [0, 0.05) is 23.6 Å². The molecule has 0 aliphatic carbocycles. The molecule has 2 unspecified atom stereocenters. The minimum Gasteiger partial charge on any atom is -0.508 e. The maximum Gasteiger partial charge on any atom is 0.408 e. The average Bonchev–Trinajstić information content (AvgIpc) is 2.66. The van der Waals surface area contributed by atoms with Gasteiger partial charge in [-0.2, -0.15) is 0 Å². The number of benzene rings is 1. The summed E-state index contributed by atoms with van der Waals surface area (Å²) in [4.78, 5) is 52.5. The molecular formula is C25H40N4O6. The molecule has 1 aromatic rings. The summed E-state index contributed by atoms with van der Waals surface area (Å²) in [7, 11) is 0. The van der Waals surface area contributed by atoms with E-state index in [4.69, 9.17) is 10.5 Å². The van der Waals surface area contributed by atoms with Crippen molar-refractivity contribution < 1.29 is 29.0 Å². The van der Waals surface area contributed by atoms with Gasteiger partial charge in [-0.05, 0) is 67.9 Å². The van der Waals surface area contributed by atoms with E-state index in [2.05, 4.69) is 10.6 Å². The monoisotopic (exact) mass is 492 g/mol. The average molecular weight is 493 g/mol. The number of amides is 4. The van der Waals surface area contributed by atoms with Crippen LogP contribution in [0.1, 0.15) is 79.8 Å². The highest BCUT2D eigenvalue weighted by Crippen LogP contribution is 2.32. The van der Waals surface area contributed by atoms with Gasteiger partial charge in [0.1, 0.15) is 23.4 Å². The molecule has 0 aromatic heterocycles. The van der Waals surface area contributed by atoms with Gasteiger partial charge in [-0.15, -0.1) is 0 Å². The second-order valence-electron chi connectivity index (χ2n) is 10.7. The van der Waals surface area contributed by atoms with Crippen molar-refractivity contribution in [2.24, 2.45) is 5.73 Å². The first kappa shape index (κ1) is 29.7. The lowest BCUT2D eigenvalue weighted by Gasteiger charge is -2.38. The lowest BCUT2D eigenvalue weighted by Crippen LogP contribution is -2.56. The number of carbonyl (C=O) groups excluding carboxylic acids is 4. The number of para-hydroxylation sites is 1. The fourth-order valence-electron chi connectivity index (χ4n) is 3.43. The van der Waals surface area contributed by atoms with Gasteiger partial charge >= 0.3 is 6.09 Å². The van der Waals surface area contributed by atoms with Gasteiger partial charge in [0.2, 0.25) is 17.7 Å². The van der Waals surface area contributed by atoms with E-state index in [-0.39, 0.29) is 24.2 Å². The van der Waals surface area contributed by atoms with Crippen molar-refractivity contribution in [3.05, 3.63) is 29.8 Å². The third-order valence-electron chi connectivity index (χ3n) is 4.74. The summed E-state index contributed by atoms with van der Waals surface area (Å²) in [5, 5.41) is 15.9. The molecule has 0 spiro atoms. The van der Waals surface area contributed by atoms with Crippen molar-refractivity contribution in [1.82, 2.24) is 15.5 Å². The van der Waals surface area contributed by atoms with E-state index < -0.39 is 53.1 Å². The Morgan fingerprint density at radius 3 is 2.09 bits per heavy atom. The second kappa shape index (κ2) is 11.9. The number of phenolic OH excluding ortho intramolecular Hbond substituents is 1. The number of alkyl carbamates (subject to hydrolysis) is 1. The zero-order valence-corrected chi connectivity index (χ0v) is 22.0. The third kappa shape index (κ3) is 9.84. The largest absolute Gasteiger partial charge is 0.508 e. The van der Waals surface area contributed by atoms with Gasteiger partial charge in [-0.25, -0.2) is 4.79 Å². The van der Waals surface area contributed by atoms with Crippen LogP contribution in [-0.4, -0.2) is 57.0 Å². The smallest absolute Gasteiger partial charge is 0.408 e. The maximum absolute atomic E-state index is 13.8. The first-order valence-corrected chi connectivity index (χ1v) is 11.6. The Balaban J connectivity index is 3.52. The normalized spacial score (nSPS) is 13.5. The Labute approximate surface area is 207 Å². The van der Waals surface area contributed by atoms with Crippen LogP contribution in [-0.2, 0) is 19.1 Å². The molecule has 4 amide bonds. The molecule has 10 heteroatoms. The second-order valence-corrected chi connectivity index (χ2v) is 10.7. The van der Waals surface area contributed by atoms with E-state index in [0.29, 0.717) is 0 Å². The first-order valence-electron chi connectivity index (χ1n) is 11.6. The molecule has 2 atom stereocenters. The van der Waals surface area contributed by atoms with Crippen molar-refractivity contribution in [3.63, 3.8) is 0 Å². The first-order chi connectivity index (χ1) is 15.9. The van der Waals surface area contributed by atoms with Gasteiger partial charge in [0.25, 0.3) is 0 Å². The van der Waals surface area contributed by atoms with Gasteiger partial charge in [-0.1, -0.05) is 18.2 Å². The van der Waals surface area contributed by atoms with Crippen molar-refractivity contribution in [3.8, 4) is 5.75 Å². The van der Waals surface area contributed by atoms with E-state index in [1.807, 2.05) is 0 Å². The molecule has 35 heavy (non-hydrogen) atoms. The molecule has 0 radical (unpaired) electrons. The zero-order valence-electron chi connectivity index (χ0n) is 22.0. The quantitative estimate of drug-likeness (QED) is 0.416. The fourth-order valence-corrected chi connectivity index (χ4v) is 3.43. The lowest BCUT2D eigenvalue weighted by molar-refractivity contribution is -0.145. The van der Waals surface area contributed by atoms with Crippen LogP contribution < -0.4 is 16.4 Å². The number of nitrogens with one attached hydrogen (secondary N) is 2. The molecule has 0 heterocycles. The van der Waals surface area contributed by atoms with E-state index in [9.17, 15) is 24.3 Å². The van der Waals surface area contributed by atoms with Crippen LogP contribution in [0.2, 0.25) is 0 Å². The number of nitrogens with zero attached hydrogens (tertiary/aromatic N) is 1. The van der Waals surface area contributed by atoms with Crippen LogP contribution in [0.15, 0.2) is 24.3 Å². The van der Waals surface area contributed by atoms with Crippen LogP contribution >= 0.6 is 0 Å². The van der Waals surface area contributed by atoms with Crippen LogP contribution in [0, 0.1) is 0 Å². The highest BCUT2D eigenvalue weighted by atomic mass is 16.6. The lowest BCUT2D eigenvalue weighted by atomic mass is 9.98. The number of hydrogen-bond donors (Lipinski definition) is 4. The number of aromatic hydroxyl groups is 1. The van der Waals surface area contributed by atoms with Crippen molar-refractivity contribution >= 4 is 23.8 Å². The summed E-state index contributed by atoms with van der Waals surface area (Å²) in [6, 6.07) is 3.32. The highest BCUT2D eigenvalue weighted by Gasteiger charge is 2.39. The number of ether oxygens (including phenoxy) is 1. The number of primary amides is 1. The van der Waals surface area contributed by atoms with Crippen molar-refractivity contribution in [1.29, 1.82) is 0 Å². The predicted octanol–water partition coefficient (Wildman–Crippen LogP) is 2.74. The predicted molar refractivity (Wildman–Crippen MR) is 132 cm³/mol. The van der Waals surface area contributed by atoms with Gasteiger partial charge in [-0.3, -0.25) is 14.4 Å². The Bertz CT molecular complexity index is 917. The molecule has 0 aliphatic heterocycles. The highest BCUT2D eigenvalue weighted by molar-refractivity contribution is 5.93. The molecule has 196 valence electrons. The van der Waals surface area contributed by atoms with E-state index in [1.54, 1.807) is 73.6 Å². The Kier molecular flexibility index (Phi) is 10.1. The number of hydrogen-bond acceptors (Lipinski definition) is 6. The topological polar surface area (TPSA) is 151 Å². The standard InChI is InChI=1S/C25H40N4O6/c1-15(2)29(20(21(32)28-24(3,4)5)16-11-9-10-12-18(16)30)22(33)17(13-14-19(26)31)27-23(34)35-25(6,7)8/h9-12,15,17,20,30H,13-14H2,1-8H3,(H2,26,31)(H,27,34)(H,28,32). The Morgan fingerprint density at radius 1 is 1.06 bits per heavy atom. The van der Waals surface area contributed by atoms with Crippen molar-refractivity contribution in [2.75, 3.05) is 0 Å². The maximum atomic E-state index is 13.8. The zero-order chi connectivity index (χ0) is 27.1. The molecule has 1 aromatic carbocycles. The summed E-state index contributed by atoms with van der Waals surface area (Å²) in [5.74, 6) is -1.93. The summed E-state index contributed by atoms with van der Waals surface area (Å²) < 4.78 is 5.29. The summed E-state index contributed by atoms with van der Waals surface area (Å²) >= 11 is 0. The SMILES string of the molecule is CC(C)N(C(=O)C(CCC(N)=O)NC(=O)OC(C)(C)C)C(C(=O)NC(C)(C)C)c1ccccc1O. The van der Waals surface area contributed by atoms with Crippen molar-refractivity contribution in [2.45, 2.75) is 97.5 Å². The minimum absolute atomic E-state index is 0.0923. The molecule has 0 bridgehead atoms. The molecule has 0 aliphatic rings. The molecule has 1 rings (SSSR count). The fraction of sp³-hybridized carbons (Fsp3) is 0.600. The van der Waals surface area contributed by atoms with E-state index >= 15 is 0 Å². The van der Waals surface area contributed by atoms with Crippen LogP contribution in [0.25, 0.3) is 0 Å². The molecule has 0 saturated carbocycles.